The molecule has 3 aromatic carbocycles. The average Bonchev–Trinajstić information content (AvgIpc) is 2.62. The molecule has 0 aliphatic carbocycles. The van der Waals surface area contributed by atoms with E-state index in [2.05, 4.69) is 0 Å². The number of phenolic OH excluding ortho intramolecular Hbond substituents is 1. The number of rotatable bonds is 4. The third kappa shape index (κ3) is 5.67. The molecular weight excluding hydrogens is 438 g/mol. The normalized spacial score (nSPS) is 11.5. The molecule has 0 radical (unpaired) electrons. The second-order valence-electron chi connectivity index (χ2n) is 6.00. The Morgan fingerprint density at radius 3 is 2.07 bits per heavy atom. The Balaban J connectivity index is 0.000000214. The fraction of sp³-hybridized carbons (Fsp3) is 0.0556. The summed E-state index contributed by atoms with van der Waals surface area (Å²) in [7, 11) is -8.94. The maximum absolute atomic E-state index is 10.7. The molecule has 6 N–H and O–H groups in total. The molecule has 0 spiro atoms. The van der Waals surface area contributed by atoms with Gasteiger partial charge in [0.1, 0.15) is 10.6 Å². The highest BCUT2D eigenvalue weighted by Crippen LogP contribution is 2.27. The minimum atomic E-state index is -4.50. The number of hydrogen-bond acceptors (Lipinski definition) is 7. The van der Waals surface area contributed by atoms with Crippen LogP contribution in [0.25, 0.3) is 10.8 Å². The van der Waals surface area contributed by atoms with Crippen LogP contribution in [0.15, 0.2) is 64.4 Å². The number of aromatic hydroxyl groups is 1. The first-order chi connectivity index (χ1) is 13.8. The quantitative estimate of drug-likeness (QED) is 0.287. The molecule has 10 nitrogen and oxygen atoms in total. The largest absolute Gasteiger partial charge is 0.508 e. The van der Waals surface area contributed by atoms with Gasteiger partial charge >= 0.3 is 5.97 Å². The molecule has 0 fully saturated rings. The van der Waals surface area contributed by atoms with Gasteiger partial charge in [-0.15, -0.1) is 0 Å². The number of nitrogen functional groups attached to an aromatic ring is 1. The minimum Gasteiger partial charge on any atom is -0.508 e. The SMILES string of the molecule is Nc1cc(S(=O)(=O)O)ccc1S(=O)(=O)O.O=C(O)Cc1c(O)ccc2ccccc12. The van der Waals surface area contributed by atoms with Gasteiger partial charge in [0.05, 0.1) is 17.0 Å². The highest BCUT2D eigenvalue weighted by molar-refractivity contribution is 7.86. The fourth-order valence-corrected chi connectivity index (χ4v) is 3.70. The number of carbonyl (C=O) groups is 1. The molecule has 3 aromatic rings. The highest BCUT2D eigenvalue weighted by Gasteiger charge is 2.17. The standard InChI is InChI=1S/C12H10O3.C6H7NO6S2/c13-11-6-5-8-3-1-2-4-9(8)10(11)7-12(14)15;7-5-3-4(14(8,9)10)1-2-6(5)15(11,12)13/h1-6,13H,7H2,(H,14,15);1-3H,7H2,(H,8,9,10)(H,11,12,13). The molecule has 0 saturated carbocycles. The van der Waals surface area contributed by atoms with Crippen molar-refractivity contribution in [3.8, 4) is 5.75 Å². The van der Waals surface area contributed by atoms with Gasteiger partial charge in [0.25, 0.3) is 20.2 Å². The molecule has 0 unspecified atom stereocenters. The summed E-state index contributed by atoms with van der Waals surface area (Å²) in [6.45, 7) is 0. The lowest BCUT2D eigenvalue weighted by Gasteiger charge is -2.06. The van der Waals surface area contributed by atoms with Crippen molar-refractivity contribution >= 4 is 42.7 Å². The molecule has 0 aliphatic rings. The molecule has 160 valence electrons. The smallest absolute Gasteiger partial charge is 0.307 e. The summed E-state index contributed by atoms with van der Waals surface area (Å²) in [4.78, 5) is 9.49. The van der Waals surface area contributed by atoms with Crippen LogP contribution in [0.1, 0.15) is 5.56 Å². The molecular formula is C18H17NO9S2. The van der Waals surface area contributed by atoms with Crippen molar-refractivity contribution in [1.82, 2.24) is 0 Å². The predicted octanol–water partition coefficient (Wildman–Crippen LogP) is 1.93. The van der Waals surface area contributed by atoms with Gasteiger partial charge in [0.15, 0.2) is 0 Å². The molecule has 0 amide bonds. The van der Waals surface area contributed by atoms with Crippen LogP contribution in [0.3, 0.4) is 0 Å². The van der Waals surface area contributed by atoms with Crippen molar-refractivity contribution in [3.63, 3.8) is 0 Å². The topological polar surface area (TPSA) is 192 Å². The van der Waals surface area contributed by atoms with Crippen molar-refractivity contribution < 1.29 is 40.9 Å². The summed E-state index contributed by atoms with van der Waals surface area (Å²) in [6, 6.07) is 13.0. The van der Waals surface area contributed by atoms with Crippen LogP contribution in [0, 0.1) is 0 Å². The second-order valence-corrected chi connectivity index (χ2v) is 8.82. The Bertz CT molecular complexity index is 1320. The van der Waals surface area contributed by atoms with E-state index in [4.69, 9.17) is 19.9 Å². The number of hydrogen-bond donors (Lipinski definition) is 5. The van der Waals surface area contributed by atoms with Crippen molar-refractivity contribution in [2.75, 3.05) is 5.73 Å². The van der Waals surface area contributed by atoms with Crippen LogP contribution in [0.2, 0.25) is 0 Å². The van der Waals surface area contributed by atoms with Crippen LogP contribution < -0.4 is 5.73 Å². The zero-order valence-corrected chi connectivity index (χ0v) is 16.8. The first-order valence-electron chi connectivity index (χ1n) is 8.06. The van der Waals surface area contributed by atoms with Crippen LogP contribution in [-0.4, -0.2) is 42.1 Å². The van der Waals surface area contributed by atoms with Crippen LogP contribution in [0.4, 0.5) is 5.69 Å². The molecule has 0 heterocycles. The highest BCUT2D eigenvalue weighted by atomic mass is 32.2. The van der Waals surface area contributed by atoms with Crippen molar-refractivity contribution in [2.24, 2.45) is 0 Å². The third-order valence-electron chi connectivity index (χ3n) is 3.90. The Morgan fingerprint density at radius 1 is 0.900 bits per heavy atom. The Labute approximate surface area is 171 Å². The molecule has 3 rings (SSSR count). The number of benzene rings is 3. The number of anilines is 1. The monoisotopic (exact) mass is 455 g/mol. The van der Waals surface area contributed by atoms with Gasteiger partial charge in [0.2, 0.25) is 0 Å². The number of phenols is 1. The number of fused-ring (bicyclic) bond motifs is 1. The molecule has 0 atom stereocenters. The summed E-state index contributed by atoms with van der Waals surface area (Å²) < 4.78 is 59.9. The predicted molar refractivity (Wildman–Crippen MR) is 107 cm³/mol. The Morgan fingerprint density at radius 2 is 1.53 bits per heavy atom. The lowest BCUT2D eigenvalue weighted by molar-refractivity contribution is -0.136. The number of aliphatic carboxylic acids is 1. The Kier molecular flexibility index (Phi) is 6.67. The van der Waals surface area contributed by atoms with Gasteiger partial charge in [-0.3, -0.25) is 13.9 Å². The van der Waals surface area contributed by atoms with Crippen molar-refractivity contribution in [1.29, 1.82) is 0 Å². The summed E-state index contributed by atoms with van der Waals surface area (Å²) in [5, 5.41) is 20.1. The molecule has 0 aromatic heterocycles. The molecule has 30 heavy (non-hydrogen) atoms. The van der Waals surface area contributed by atoms with Crippen LogP contribution >= 0.6 is 0 Å². The molecule has 12 heteroatoms. The van der Waals surface area contributed by atoms with Gasteiger partial charge in [-0.1, -0.05) is 30.3 Å². The number of nitrogens with two attached hydrogens (primary N) is 1. The van der Waals surface area contributed by atoms with E-state index in [-0.39, 0.29) is 12.2 Å². The summed E-state index contributed by atoms with van der Waals surface area (Å²) in [5.74, 6) is -0.905. The van der Waals surface area contributed by atoms with E-state index in [0.717, 1.165) is 29.0 Å². The molecule has 0 saturated heterocycles. The lowest BCUT2D eigenvalue weighted by atomic mass is 10.0. The zero-order valence-electron chi connectivity index (χ0n) is 15.1. The van der Waals surface area contributed by atoms with E-state index < -0.39 is 41.7 Å². The number of carboxylic acid groups (broad SMARTS) is 1. The van der Waals surface area contributed by atoms with E-state index in [9.17, 15) is 26.7 Å². The summed E-state index contributed by atoms with van der Waals surface area (Å²) in [5.41, 5.74) is 5.20. The van der Waals surface area contributed by atoms with Crippen molar-refractivity contribution in [2.45, 2.75) is 16.2 Å². The molecule has 0 bridgehead atoms. The second kappa shape index (κ2) is 8.67. The van der Waals surface area contributed by atoms with E-state index in [1.54, 1.807) is 6.07 Å². The third-order valence-corrected chi connectivity index (χ3v) is 5.68. The summed E-state index contributed by atoms with van der Waals surface area (Å²) in [6.07, 6.45) is -0.160. The minimum absolute atomic E-state index is 0.0381. The van der Waals surface area contributed by atoms with E-state index in [0.29, 0.717) is 5.56 Å². The van der Waals surface area contributed by atoms with E-state index in [1.807, 2.05) is 24.3 Å². The van der Waals surface area contributed by atoms with Crippen molar-refractivity contribution in [3.05, 3.63) is 60.2 Å². The van der Waals surface area contributed by atoms with Gasteiger partial charge in [-0.25, -0.2) is 0 Å². The van der Waals surface area contributed by atoms with Gasteiger partial charge in [-0.05, 0) is 35.0 Å². The molecule has 0 aliphatic heterocycles. The first-order valence-corrected chi connectivity index (χ1v) is 10.9. The van der Waals surface area contributed by atoms with Crippen LogP contribution in [0.5, 0.6) is 5.75 Å². The fourth-order valence-electron chi connectivity index (χ4n) is 2.58. The van der Waals surface area contributed by atoms with E-state index >= 15 is 0 Å². The Hall–Kier alpha value is -3.19. The zero-order chi connectivity index (χ0) is 22.7. The average molecular weight is 455 g/mol. The lowest BCUT2D eigenvalue weighted by Crippen LogP contribution is -2.05. The van der Waals surface area contributed by atoms with Crippen LogP contribution in [-0.2, 0) is 31.5 Å². The van der Waals surface area contributed by atoms with E-state index in [1.165, 1.54) is 6.07 Å². The number of carboxylic acids is 1. The summed E-state index contributed by atoms with van der Waals surface area (Å²) >= 11 is 0. The maximum Gasteiger partial charge on any atom is 0.307 e. The first kappa shape index (κ1) is 23.1. The van der Waals surface area contributed by atoms with Gasteiger partial charge in [-0.2, -0.15) is 16.8 Å². The van der Waals surface area contributed by atoms with Gasteiger partial charge < -0.3 is 15.9 Å². The van der Waals surface area contributed by atoms with Gasteiger partial charge in [0, 0.05) is 5.56 Å². The maximum atomic E-state index is 10.7.